The third kappa shape index (κ3) is 4.20. The van der Waals surface area contributed by atoms with E-state index in [4.69, 9.17) is 20.8 Å². The molecule has 1 saturated carbocycles. The zero-order chi connectivity index (χ0) is 18.7. The molecular formula is C21H25ClO4. The fourth-order valence-corrected chi connectivity index (χ4v) is 4.05. The normalized spacial score (nSPS) is 25.7. The topological polar surface area (TPSA) is 59.7 Å². The predicted molar refractivity (Wildman–Crippen MR) is 100 cm³/mol. The van der Waals surface area contributed by atoms with Crippen LogP contribution >= 0.6 is 11.6 Å². The molecule has 3 rings (SSSR count). The van der Waals surface area contributed by atoms with Gasteiger partial charge in [-0.2, -0.15) is 0 Å². The minimum absolute atomic E-state index is 0.00767. The van der Waals surface area contributed by atoms with E-state index in [-0.39, 0.29) is 28.9 Å². The summed E-state index contributed by atoms with van der Waals surface area (Å²) in [5.74, 6) is 0.762. The summed E-state index contributed by atoms with van der Waals surface area (Å²) in [6, 6.07) is 11.2. The van der Waals surface area contributed by atoms with Crippen molar-refractivity contribution in [2.45, 2.75) is 44.3 Å². The number of halogens is 1. The Hall–Kier alpha value is -1.62. The highest BCUT2D eigenvalue weighted by molar-refractivity contribution is 6.21. The number of rotatable bonds is 7. The number of hydrogen-bond donors (Lipinski definition) is 1. The SMILES string of the molecule is CC(C)C(=O)c1ccc(C2C(COCc3ccco3)[C@H](Cl)C[C@H]2O)cc1. The van der Waals surface area contributed by atoms with Crippen molar-refractivity contribution in [2.24, 2.45) is 11.8 Å². The lowest BCUT2D eigenvalue weighted by atomic mass is 9.87. The maximum Gasteiger partial charge on any atom is 0.165 e. The van der Waals surface area contributed by atoms with Gasteiger partial charge in [-0.1, -0.05) is 38.1 Å². The van der Waals surface area contributed by atoms with Crippen LogP contribution in [0, 0.1) is 11.8 Å². The third-order valence-corrected chi connectivity index (χ3v) is 5.55. The highest BCUT2D eigenvalue weighted by atomic mass is 35.5. The Morgan fingerprint density at radius 1 is 1.31 bits per heavy atom. The maximum absolute atomic E-state index is 12.1. The van der Waals surface area contributed by atoms with Gasteiger partial charge in [-0.3, -0.25) is 4.79 Å². The molecule has 2 aromatic rings. The standard InChI is InChI=1S/C21H25ClO4/c1-13(2)21(24)15-7-5-14(6-8-15)20-17(18(22)10-19(20)23)12-25-11-16-4-3-9-26-16/h3-9,13,17-20,23H,10-12H2,1-2H3/t17?,18-,19-,20?/m1/s1. The van der Waals surface area contributed by atoms with Gasteiger partial charge in [0.1, 0.15) is 12.4 Å². The van der Waals surface area contributed by atoms with Gasteiger partial charge < -0.3 is 14.3 Å². The van der Waals surface area contributed by atoms with Crippen LogP contribution in [0.2, 0.25) is 0 Å². The molecule has 5 heteroatoms. The van der Waals surface area contributed by atoms with Crippen LogP contribution in [0.3, 0.4) is 0 Å². The van der Waals surface area contributed by atoms with Gasteiger partial charge >= 0.3 is 0 Å². The summed E-state index contributed by atoms with van der Waals surface area (Å²) >= 11 is 6.48. The van der Waals surface area contributed by atoms with E-state index >= 15 is 0 Å². The van der Waals surface area contributed by atoms with Crippen LogP contribution in [0.5, 0.6) is 0 Å². The van der Waals surface area contributed by atoms with Crippen LogP contribution in [0.25, 0.3) is 0 Å². The zero-order valence-corrected chi connectivity index (χ0v) is 15.9. The van der Waals surface area contributed by atoms with E-state index in [9.17, 15) is 9.90 Å². The number of aliphatic hydroxyl groups excluding tert-OH is 1. The molecule has 1 fully saturated rings. The molecule has 0 amide bonds. The first-order chi connectivity index (χ1) is 12.5. The summed E-state index contributed by atoms with van der Waals surface area (Å²) in [7, 11) is 0. The fourth-order valence-electron chi connectivity index (χ4n) is 3.63. The van der Waals surface area contributed by atoms with E-state index in [2.05, 4.69) is 0 Å². The molecule has 0 aliphatic heterocycles. The summed E-state index contributed by atoms with van der Waals surface area (Å²) in [5, 5.41) is 10.4. The van der Waals surface area contributed by atoms with E-state index in [0.717, 1.165) is 11.3 Å². The van der Waals surface area contributed by atoms with Crippen molar-refractivity contribution in [2.75, 3.05) is 6.61 Å². The average Bonchev–Trinajstić information content (AvgIpc) is 3.22. The van der Waals surface area contributed by atoms with Crippen LogP contribution < -0.4 is 0 Å². The van der Waals surface area contributed by atoms with Gasteiger partial charge in [0.15, 0.2) is 5.78 Å². The van der Waals surface area contributed by atoms with Gasteiger partial charge in [-0.15, -0.1) is 11.6 Å². The molecule has 4 atom stereocenters. The zero-order valence-electron chi connectivity index (χ0n) is 15.1. The monoisotopic (exact) mass is 376 g/mol. The maximum atomic E-state index is 12.1. The van der Waals surface area contributed by atoms with Crippen molar-refractivity contribution in [3.8, 4) is 0 Å². The number of ether oxygens (including phenoxy) is 1. The molecule has 1 aromatic carbocycles. The van der Waals surface area contributed by atoms with Gasteiger partial charge in [0.2, 0.25) is 0 Å². The molecule has 4 nitrogen and oxygen atoms in total. The second-order valence-corrected chi connectivity index (χ2v) is 7.80. The highest BCUT2D eigenvalue weighted by Crippen LogP contribution is 2.43. The van der Waals surface area contributed by atoms with E-state index in [0.29, 0.717) is 25.2 Å². The average molecular weight is 377 g/mol. The molecule has 0 saturated heterocycles. The van der Waals surface area contributed by atoms with Gasteiger partial charge in [0, 0.05) is 28.7 Å². The summed E-state index contributed by atoms with van der Waals surface area (Å²) in [5.41, 5.74) is 1.69. The lowest BCUT2D eigenvalue weighted by Gasteiger charge is -2.24. The molecular weight excluding hydrogens is 352 g/mol. The van der Waals surface area contributed by atoms with Crippen molar-refractivity contribution >= 4 is 17.4 Å². The minimum atomic E-state index is -0.513. The smallest absolute Gasteiger partial charge is 0.165 e. The van der Waals surface area contributed by atoms with Crippen LogP contribution in [-0.4, -0.2) is 29.0 Å². The number of ketones is 1. The molecule has 2 unspecified atom stereocenters. The number of Topliss-reactive ketones (excluding diaryl/α,β-unsaturated/α-hetero) is 1. The van der Waals surface area contributed by atoms with Crippen LogP contribution in [-0.2, 0) is 11.3 Å². The first kappa shape index (κ1) is 19.2. The predicted octanol–water partition coefficient (Wildman–Crippen LogP) is 4.41. The Kier molecular flexibility index (Phi) is 6.17. The molecule has 140 valence electrons. The quantitative estimate of drug-likeness (QED) is 0.574. The molecule has 1 heterocycles. The number of hydrogen-bond acceptors (Lipinski definition) is 4. The number of alkyl halides is 1. The minimum Gasteiger partial charge on any atom is -0.467 e. The van der Waals surface area contributed by atoms with Crippen molar-refractivity contribution in [3.05, 3.63) is 59.5 Å². The molecule has 26 heavy (non-hydrogen) atoms. The second kappa shape index (κ2) is 8.38. The molecule has 0 bridgehead atoms. The number of carbonyl (C=O) groups excluding carboxylic acids is 1. The lowest BCUT2D eigenvalue weighted by Crippen LogP contribution is -2.23. The van der Waals surface area contributed by atoms with Gasteiger partial charge in [-0.05, 0) is 24.1 Å². The molecule has 1 aliphatic rings. The lowest BCUT2D eigenvalue weighted by molar-refractivity contribution is 0.0631. The molecule has 0 spiro atoms. The first-order valence-electron chi connectivity index (χ1n) is 9.03. The van der Waals surface area contributed by atoms with E-state index in [1.54, 1.807) is 6.26 Å². The molecule has 1 aliphatic carbocycles. The number of furan rings is 1. The Morgan fingerprint density at radius 2 is 2.04 bits per heavy atom. The Morgan fingerprint density at radius 3 is 2.65 bits per heavy atom. The third-order valence-electron chi connectivity index (χ3n) is 5.05. The number of benzene rings is 1. The first-order valence-corrected chi connectivity index (χ1v) is 9.47. The van der Waals surface area contributed by atoms with Crippen molar-refractivity contribution in [1.29, 1.82) is 0 Å². The fraction of sp³-hybridized carbons (Fsp3) is 0.476. The Labute approximate surface area is 159 Å². The van der Waals surface area contributed by atoms with Crippen molar-refractivity contribution < 1.29 is 19.1 Å². The van der Waals surface area contributed by atoms with Gasteiger partial charge in [0.25, 0.3) is 0 Å². The van der Waals surface area contributed by atoms with E-state index < -0.39 is 6.10 Å². The Bertz CT molecular complexity index is 708. The summed E-state index contributed by atoms with van der Waals surface area (Å²) < 4.78 is 11.1. The molecule has 0 radical (unpaired) electrons. The summed E-state index contributed by atoms with van der Waals surface area (Å²) in [4.78, 5) is 12.1. The van der Waals surface area contributed by atoms with Crippen LogP contribution in [0.4, 0.5) is 0 Å². The second-order valence-electron chi connectivity index (χ2n) is 7.24. The van der Waals surface area contributed by atoms with Crippen molar-refractivity contribution in [3.63, 3.8) is 0 Å². The van der Waals surface area contributed by atoms with Gasteiger partial charge in [0.05, 0.1) is 19.0 Å². The number of carbonyl (C=O) groups is 1. The van der Waals surface area contributed by atoms with Crippen LogP contribution in [0.15, 0.2) is 47.1 Å². The molecule has 1 aromatic heterocycles. The Balaban J connectivity index is 1.70. The number of aliphatic hydroxyl groups is 1. The largest absolute Gasteiger partial charge is 0.467 e. The van der Waals surface area contributed by atoms with Crippen molar-refractivity contribution in [1.82, 2.24) is 0 Å². The summed E-state index contributed by atoms with van der Waals surface area (Å²) in [6.07, 6.45) is 1.64. The van der Waals surface area contributed by atoms with Crippen LogP contribution in [0.1, 0.15) is 47.9 Å². The van der Waals surface area contributed by atoms with Gasteiger partial charge in [-0.25, -0.2) is 0 Å². The van der Waals surface area contributed by atoms with E-state index in [1.807, 2.05) is 50.2 Å². The molecule has 1 N–H and O–H groups in total. The highest BCUT2D eigenvalue weighted by Gasteiger charge is 2.42. The summed E-state index contributed by atoms with van der Waals surface area (Å²) in [6.45, 7) is 4.62. The van der Waals surface area contributed by atoms with E-state index in [1.165, 1.54) is 0 Å².